The summed E-state index contributed by atoms with van der Waals surface area (Å²) in [4.78, 5) is 12.6. The minimum Gasteiger partial charge on any atom is -0.481 e. The molecular weight excluding hydrogens is 641 g/mol. The number of carbonyl (C=O) groups is 1. The van der Waals surface area contributed by atoms with Crippen molar-refractivity contribution in [2.75, 3.05) is 0 Å². The Morgan fingerprint density at radius 1 is 0.386 bits per heavy atom. The molecule has 10 nitrogen and oxygen atoms in total. The molecule has 0 aromatic heterocycles. The van der Waals surface area contributed by atoms with Gasteiger partial charge in [0.15, 0.2) is 0 Å². The SMILES string of the molecule is O=C(O)C1CCCC2C3NC4NC(NC5NC(NC6NC(NC(N3)C12)C1CCCCC61)C1CCCCC51)C1CCCCC41.[Ru]. The predicted molar refractivity (Wildman–Crippen MR) is 164 cm³/mol. The number of rotatable bonds is 1. The Morgan fingerprint density at radius 2 is 0.659 bits per heavy atom. The van der Waals surface area contributed by atoms with E-state index in [-0.39, 0.29) is 56.0 Å². The first kappa shape index (κ1) is 31.1. The van der Waals surface area contributed by atoms with Crippen LogP contribution in [0.2, 0.25) is 0 Å². The molecule has 9 N–H and O–H groups in total. The minimum absolute atomic E-state index is 0. The van der Waals surface area contributed by atoms with Gasteiger partial charge in [0.1, 0.15) is 0 Å². The van der Waals surface area contributed by atoms with E-state index in [2.05, 4.69) is 42.5 Å². The molecule has 4 saturated carbocycles. The number of aliphatic carboxylic acids is 1. The average Bonchev–Trinajstić information content (AvgIpc) is 3.76. The molecule has 0 radical (unpaired) electrons. The van der Waals surface area contributed by atoms with Crippen LogP contribution in [0.1, 0.15) is 96.3 Å². The molecule has 248 valence electrons. The second-order valence-corrected chi connectivity index (χ2v) is 16.1. The third-order valence-corrected chi connectivity index (χ3v) is 14.2. The normalized spacial score (nSPS) is 54.8. The predicted octanol–water partition coefficient (Wildman–Crippen LogP) is 1.91. The Hall–Kier alpha value is -0.227. The first-order valence-corrected chi connectivity index (χ1v) is 18.4. The molecule has 9 fully saturated rings. The van der Waals surface area contributed by atoms with Crippen LogP contribution in [0, 0.1) is 53.3 Å². The summed E-state index contributed by atoms with van der Waals surface area (Å²) in [6.45, 7) is 0. The second kappa shape index (κ2) is 12.7. The molecule has 4 aliphatic carbocycles. The Labute approximate surface area is 276 Å². The van der Waals surface area contributed by atoms with Crippen molar-refractivity contribution in [1.29, 1.82) is 0 Å². The summed E-state index contributed by atoms with van der Waals surface area (Å²) in [6.07, 6.45) is 20.5. The van der Waals surface area contributed by atoms with E-state index >= 15 is 0 Å². The van der Waals surface area contributed by atoms with Crippen molar-refractivity contribution in [2.45, 2.75) is 146 Å². The summed E-state index contributed by atoms with van der Waals surface area (Å²) in [5, 5.41) is 43.3. The van der Waals surface area contributed by atoms with E-state index in [0.717, 1.165) is 19.3 Å². The zero-order valence-corrected chi connectivity index (χ0v) is 27.9. The van der Waals surface area contributed by atoms with E-state index in [9.17, 15) is 9.90 Å². The molecule has 0 aromatic rings. The topological polar surface area (TPSA) is 134 Å². The monoisotopic (exact) mass is 698 g/mol. The van der Waals surface area contributed by atoms with Gasteiger partial charge in [0.2, 0.25) is 0 Å². The quantitative estimate of drug-likeness (QED) is 0.187. The maximum Gasteiger partial charge on any atom is 0.306 e. The fourth-order valence-electron chi connectivity index (χ4n) is 12.3. The fourth-order valence-corrected chi connectivity index (χ4v) is 12.3. The van der Waals surface area contributed by atoms with Crippen LogP contribution < -0.4 is 42.5 Å². The molecule has 8 bridgehead atoms. The van der Waals surface area contributed by atoms with Gasteiger partial charge in [0.05, 0.1) is 55.2 Å². The van der Waals surface area contributed by atoms with Crippen LogP contribution >= 0.6 is 0 Å². The van der Waals surface area contributed by atoms with Crippen LogP contribution in [0.25, 0.3) is 0 Å². The Kier molecular flexibility index (Phi) is 8.94. The number of hydrogen-bond donors (Lipinski definition) is 9. The van der Waals surface area contributed by atoms with Crippen molar-refractivity contribution >= 4 is 5.97 Å². The molecule has 0 aromatic carbocycles. The van der Waals surface area contributed by atoms with Gasteiger partial charge >= 0.3 is 5.97 Å². The van der Waals surface area contributed by atoms with Crippen LogP contribution in [0.3, 0.4) is 0 Å². The number of hydrogen-bond acceptors (Lipinski definition) is 9. The third-order valence-electron chi connectivity index (χ3n) is 14.2. The first-order valence-electron chi connectivity index (χ1n) is 18.4. The number of fused-ring (bicyclic) bond motifs is 20. The molecule has 44 heavy (non-hydrogen) atoms. The van der Waals surface area contributed by atoms with Crippen molar-refractivity contribution in [3.63, 3.8) is 0 Å². The zero-order valence-electron chi connectivity index (χ0n) is 26.1. The zero-order chi connectivity index (χ0) is 28.7. The van der Waals surface area contributed by atoms with Gasteiger partial charge in [-0.15, -0.1) is 0 Å². The van der Waals surface area contributed by atoms with Gasteiger partial charge in [-0.05, 0) is 92.8 Å². The Morgan fingerprint density at radius 3 is 0.977 bits per heavy atom. The average molecular weight is 698 g/mol. The molecule has 5 aliphatic heterocycles. The van der Waals surface area contributed by atoms with Gasteiger partial charge in [0.25, 0.3) is 0 Å². The maximum atomic E-state index is 12.6. The number of nitrogens with one attached hydrogen (secondary N) is 8. The summed E-state index contributed by atoms with van der Waals surface area (Å²) in [5.41, 5.74) is 0. The summed E-state index contributed by atoms with van der Waals surface area (Å²) < 4.78 is 0. The molecule has 9 aliphatic rings. The van der Waals surface area contributed by atoms with Crippen LogP contribution in [0.15, 0.2) is 0 Å². The van der Waals surface area contributed by atoms with Crippen molar-refractivity contribution < 1.29 is 29.4 Å². The van der Waals surface area contributed by atoms with E-state index in [1.165, 1.54) is 77.0 Å². The summed E-state index contributed by atoms with van der Waals surface area (Å²) in [6, 6.07) is 0. The van der Waals surface area contributed by atoms with Crippen molar-refractivity contribution in [2.24, 2.45) is 53.3 Å². The third kappa shape index (κ3) is 5.27. The summed E-state index contributed by atoms with van der Waals surface area (Å²) in [5.74, 6) is 3.36. The van der Waals surface area contributed by atoms with Gasteiger partial charge < -0.3 is 5.11 Å². The number of carboxylic acid groups (broad SMARTS) is 1. The Balaban J connectivity index is 0.00000289. The summed E-state index contributed by atoms with van der Waals surface area (Å²) in [7, 11) is 0. The molecule has 0 amide bonds. The van der Waals surface area contributed by atoms with E-state index in [4.69, 9.17) is 0 Å². The van der Waals surface area contributed by atoms with Crippen LogP contribution in [0.5, 0.6) is 0 Å². The van der Waals surface area contributed by atoms with Crippen LogP contribution in [-0.2, 0) is 24.3 Å². The van der Waals surface area contributed by atoms with Gasteiger partial charge in [-0.1, -0.05) is 44.9 Å². The molecule has 9 rings (SSSR count). The molecule has 11 heteroatoms. The van der Waals surface area contributed by atoms with E-state index in [0.29, 0.717) is 66.1 Å². The minimum atomic E-state index is -0.607. The van der Waals surface area contributed by atoms with Gasteiger partial charge in [-0.2, -0.15) is 0 Å². The largest absolute Gasteiger partial charge is 0.481 e. The molecule has 5 saturated heterocycles. The van der Waals surface area contributed by atoms with Crippen LogP contribution in [0.4, 0.5) is 0 Å². The second-order valence-electron chi connectivity index (χ2n) is 16.1. The molecule has 0 spiro atoms. The first-order chi connectivity index (χ1) is 21.1. The Bertz CT molecular complexity index is 1050. The molecular formula is C33H56N8O2Ru. The molecule has 17 unspecified atom stereocenters. The van der Waals surface area contributed by atoms with E-state index < -0.39 is 5.97 Å². The molecule has 5 heterocycles. The maximum absolute atomic E-state index is 12.6. The number of carboxylic acids is 1. The van der Waals surface area contributed by atoms with Crippen molar-refractivity contribution in [1.82, 2.24) is 42.5 Å². The standard InChI is InChI=1S/C33H56N8O2.Ru/c42-33(43)23-15-7-14-22-24(23)32-40-30-21-13-6-5-12-20(21)28(38-30)36-26-17-9-2-1-8-16(17)25(34-26)35-27-18-10-3-4-11-19(18)29(37-27)39-31(22)41-32;/h16-32,34-41H,1-15H2,(H,42,43);. The fraction of sp³-hybridized carbons (Fsp3) is 0.970. The molecule has 17 atom stereocenters. The van der Waals surface area contributed by atoms with Crippen molar-refractivity contribution in [3.8, 4) is 0 Å². The van der Waals surface area contributed by atoms with Gasteiger partial charge in [0, 0.05) is 25.4 Å². The van der Waals surface area contributed by atoms with Gasteiger partial charge in [-0.3, -0.25) is 47.3 Å². The van der Waals surface area contributed by atoms with E-state index in [1.54, 1.807) is 0 Å². The van der Waals surface area contributed by atoms with E-state index in [1.807, 2.05) is 0 Å². The summed E-state index contributed by atoms with van der Waals surface area (Å²) >= 11 is 0. The van der Waals surface area contributed by atoms with Gasteiger partial charge in [-0.25, -0.2) is 0 Å². The smallest absolute Gasteiger partial charge is 0.306 e. The van der Waals surface area contributed by atoms with Crippen molar-refractivity contribution in [3.05, 3.63) is 0 Å². The van der Waals surface area contributed by atoms with Crippen LogP contribution in [-0.4, -0.2) is 60.4 Å².